The summed E-state index contributed by atoms with van der Waals surface area (Å²) in [5.74, 6) is 3.38. The second kappa shape index (κ2) is 10.9. The molecule has 3 rings (SSSR count). The Morgan fingerprint density at radius 1 is 1.14 bits per heavy atom. The zero-order valence-electron chi connectivity index (χ0n) is 18.1. The van der Waals surface area contributed by atoms with Gasteiger partial charge in [0.25, 0.3) is 0 Å². The lowest BCUT2D eigenvalue weighted by Crippen LogP contribution is -2.39. The number of ether oxygens (including phenoxy) is 1. The summed E-state index contributed by atoms with van der Waals surface area (Å²) in [5, 5.41) is 6.98. The summed E-state index contributed by atoms with van der Waals surface area (Å²) in [6.45, 7) is 9.25. The second-order valence-corrected chi connectivity index (χ2v) is 8.75. The van der Waals surface area contributed by atoms with Crippen LogP contribution < -0.4 is 20.4 Å². The maximum Gasteiger partial charge on any atom is 0.232 e. The van der Waals surface area contributed by atoms with Crippen LogP contribution in [-0.4, -0.2) is 61.0 Å². The molecule has 8 heteroatoms. The Morgan fingerprint density at radius 2 is 1.90 bits per heavy atom. The molecular formula is C21H36N6OS. The first-order chi connectivity index (χ1) is 14.1. The van der Waals surface area contributed by atoms with Crippen molar-refractivity contribution in [2.45, 2.75) is 58.4 Å². The van der Waals surface area contributed by atoms with Crippen molar-refractivity contribution in [1.29, 1.82) is 0 Å². The summed E-state index contributed by atoms with van der Waals surface area (Å²) >= 11 is 5.45. The smallest absolute Gasteiger partial charge is 0.232 e. The highest BCUT2D eigenvalue weighted by molar-refractivity contribution is 7.80. The number of nitrogens with one attached hydrogen (secondary N) is 2. The maximum atomic E-state index is 5.45. The second-order valence-electron chi connectivity index (χ2n) is 8.34. The fourth-order valence-corrected chi connectivity index (χ4v) is 4.22. The number of hydrogen-bond acceptors (Lipinski definition) is 6. The third-order valence-electron chi connectivity index (χ3n) is 5.94. The molecule has 0 aromatic carbocycles. The number of piperidine rings is 2. The molecule has 2 aliphatic rings. The molecule has 2 N–H and O–H groups in total. The molecule has 1 unspecified atom stereocenters. The van der Waals surface area contributed by atoms with Gasteiger partial charge < -0.3 is 25.2 Å². The normalized spacial score (nSPS) is 20.6. The summed E-state index contributed by atoms with van der Waals surface area (Å²) in [7, 11) is 1.71. The van der Waals surface area contributed by atoms with Crippen molar-refractivity contribution in [1.82, 2.24) is 15.3 Å². The highest BCUT2D eigenvalue weighted by Gasteiger charge is 2.24. The SMILES string of the molecule is COCCCNC(=S)Nc1nc(N2CCC(C)CC2)cc(N2CCCCC2C)n1. The predicted molar refractivity (Wildman–Crippen MR) is 124 cm³/mol. The minimum atomic E-state index is 0.500. The summed E-state index contributed by atoms with van der Waals surface area (Å²) < 4.78 is 5.09. The quantitative estimate of drug-likeness (QED) is 0.514. The molecule has 0 saturated carbocycles. The molecule has 29 heavy (non-hydrogen) atoms. The molecule has 0 amide bonds. The van der Waals surface area contributed by atoms with E-state index in [2.05, 4.69) is 40.3 Å². The molecule has 0 aliphatic carbocycles. The van der Waals surface area contributed by atoms with Gasteiger partial charge in [-0.1, -0.05) is 6.92 Å². The van der Waals surface area contributed by atoms with Crippen molar-refractivity contribution in [2.75, 3.05) is 55.0 Å². The van der Waals surface area contributed by atoms with Crippen molar-refractivity contribution in [3.05, 3.63) is 6.07 Å². The van der Waals surface area contributed by atoms with Gasteiger partial charge in [-0.3, -0.25) is 0 Å². The molecule has 1 atom stereocenters. The van der Waals surface area contributed by atoms with Gasteiger partial charge in [0.1, 0.15) is 11.6 Å². The third kappa shape index (κ3) is 6.40. The van der Waals surface area contributed by atoms with Crippen molar-refractivity contribution >= 4 is 34.9 Å². The Hall–Kier alpha value is -1.67. The number of aromatic nitrogens is 2. The summed E-state index contributed by atoms with van der Waals surface area (Å²) in [5.41, 5.74) is 0. The van der Waals surface area contributed by atoms with Gasteiger partial charge in [0.15, 0.2) is 5.11 Å². The van der Waals surface area contributed by atoms with Crippen LogP contribution in [0.25, 0.3) is 0 Å². The van der Waals surface area contributed by atoms with E-state index in [0.29, 0.717) is 23.7 Å². The standard InChI is InChI=1S/C21H36N6OS/c1-16-8-12-26(13-9-16)18-15-19(27-11-5-4-7-17(27)2)24-20(23-18)25-21(29)22-10-6-14-28-3/h15-17H,4-14H2,1-3H3,(H2,22,23,24,25,29). The maximum absolute atomic E-state index is 5.45. The number of anilines is 3. The first-order valence-corrected chi connectivity index (χ1v) is 11.4. The van der Waals surface area contributed by atoms with Crippen LogP contribution in [0.5, 0.6) is 0 Å². The lowest BCUT2D eigenvalue weighted by atomic mass is 9.99. The number of hydrogen-bond donors (Lipinski definition) is 2. The monoisotopic (exact) mass is 420 g/mol. The molecule has 7 nitrogen and oxygen atoms in total. The molecule has 0 bridgehead atoms. The molecule has 1 aromatic rings. The minimum absolute atomic E-state index is 0.500. The lowest BCUT2D eigenvalue weighted by Gasteiger charge is -2.36. The first-order valence-electron chi connectivity index (χ1n) is 11.0. The van der Waals surface area contributed by atoms with Crippen molar-refractivity contribution < 1.29 is 4.74 Å². The number of thiocarbonyl (C=S) groups is 1. The largest absolute Gasteiger partial charge is 0.385 e. The van der Waals surface area contributed by atoms with E-state index < -0.39 is 0 Å². The van der Waals surface area contributed by atoms with E-state index >= 15 is 0 Å². The van der Waals surface area contributed by atoms with E-state index in [4.69, 9.17) is 26.9 Å². The molecule has 2 fully saturated rings. The average Bonchev–Trinajstić information content (AvgIpc) is 2.72. The van der Waals surface area contributed by atoms with Gasteiger partial charge in [-0.2, -0.15) is 9.97 Å². The highest BCUT2D eigenvalue weighted by Crippen LogP contribution is 2.29. The summed E-state index contributed by atoms with van der Waals surface area (Å²) in [6.07, 6.45) is 7.04. The molecule has 0 radical (unpaired) electrons. The molecule has 3 heterocycles. The van der Waals surface area contributed by atoms with E-state index in [1.807, 2.05) is 0 Å². The molecular weight excluding hydrogens is 384 g/mol. The lowest BCUT2D eigenvalue weighted by molar-refractivity contribution is 0.196. The van der Waals surface area contributed by atoms with Crippen LogP contribution in [0.1, 0.15) is 52.4 Å². The van der Waals surface area contributed by atoms with Crippen LogP contribution >= 0.6 is 12.2 Å². The van der Waals surface area contributed by atoms with Crippen LogP contribution in [0.3, 0.4) is 0 Å². The number of rotatable bonds is 7. The molecule has 2 saturated heterocycles. The van der Waals surface area contributed by atoms with Crippen molar-refractivity contribution in [3.63, 3.8) is 0 Å². The average molecular weight is 421 g/mol. The molecule has 162 valence electrons. The Bertz CT molecular complexity index is 665. The zero-order chi connectivity index (χ0) is 20.6. The van der Waals surface area contributed by atoms with Gasteiger partial charge in [0, 0.05) is 52.0 Å². The van der Waals surface area contributed by atoms with Gasteiger partial charge in [0.2, 0.25) is 5.95 Å². The Morgan fingerprint density at radius 3 is 2.62 bits per heavy atom. The van der Waals surface area contributed by atoms with Crippen LogP contribution in [0.2, 0.25) is 0 Å². The fourth-order valence-electron chi connectivity index (χ4n) is 4.03. The summed E-state index contributed by atoms with van der Waals surface area (Å²) in [6, 6.07) is 2.66. The Kier molecular flexibility index (Phi) is 8.29. The number of nitrogens with zero attached hydrogens (tertiary/aromatic N) is 4. The van der Waals surface area contributed by atoms with Crippen LogP contribution in [0.4, 0.5) is 17.6 Å². The van der Waals surface area contributed by atoms with Crippen molar-refractivity contribution in [3.8, 4) is 0 Å². The molecule has 2 aliphatic heterocycles. The predicted octanol–water partition coefficient (Wildman–Crippen LogP) is 3.41. The topological polar surface area (TPSA) is 65.6 Å². The number of methoxy groups -OCH3 is 1. The molecule has 0 spiro atoms. The van der Waals surface area contributed by atoms with E-state index in [1.165, 1.54) is 32.1 Å². The third-order valence-corrected chi connectivity index (χ3v) is 6.19. The van der Waals surface area contributed by atoms with E-state index in [-0.39, 0.29) is 0 Å². The van der Waals surface area contributed by atoms with Crippen LogP contribution in [0.15, 0.2) is 6.07 Å². The van der Waals surface area contributed by atoms with Crippen LogP contribution in [-0.2, 0) is 4.74 Å². The minimum Gasteiger partial charge on any atom is -0.385 e. The van der Waals surface area contributed by atoms with Gasteiger partial charge in [-0.05, 0) is 63.6 Å². The van der Waals surface area contributed by atoms with E-state index in [1.54, 1.807) is 7.11 Å². The highest BCUT2D eigenvalue weighted by atomic mass is 32.1. The Labute approximate surface area is 180 Å². The first kappa shape index (κ1) is 22.0. The van der Waals surface area contributed by atoms with E-state index in [9.17, 15) is 0 Å². The van der Waals surface area contributed by atoms with Gasteiger partial charge >= 0.3 is 0 Å². The Balaban J connectivity index is 1.76. The van der Waals surface area contributed by atoms with E-state index in [0.717, 1.165) is 50.2 Å². The van der Waals surface area contributed by atoms with Gasteiger partial charge in [-0.25, -0.2) is 0 Å². The summed E-state index contributed by atoms with van der Waals surface area (Å²) in [4.78, 5) is 14.4. The van der Waals surface area contributed by atoms with Crippen LogP contribution in [0, 0.1) is 5.92 Å². The zero-order valence-corrected chi connectivity index (χ0v) is 18.9. The van der Waals surface area contributed by atoms with Gasteiger partial charge in [0.05, 0.1) is 0 Å². The van der Waals surface area contributed by atoms with Gasteiger partial charge in [-0.15, -0.1) is 0 Å². The molecule has 1 aromatic heterocycles. The fraction of sp³-hybridized carbons (Fsp3) is 0.762. The van der Waals surface area contributed by atoms with Crippen molar-refractivity contribution in [2.24, 2.45) is 5.92 Å².